The number of fused-ring (bicyclic) bond motifs is 1. The van der Waals surface area contributed by atoms with Crippen LogP contribution < -0.4 is 0 Å². The standard InChI is InChI=1S/C19H16BrNO3S2/c1-2-16(25-19-21-14-5-3-4-6-17(14)26-19)18(23)24-11-15(22)12-7-9-13(20)10-8-12/h3-10,16H,2,11H2,1H3/t16-/m0/s1. The number of halogens is 1. The Morgan fingerprint density at radius 2 is 1.92 bits per heavy atom. The first kappa shape index (κ1) is 19.1. The van der Waals surface area contributed by atoms with E-state index in [1.807, 2.05) is 31.2 Å². The van der Waals surface area contributed by atoms with Crippen LogP contribution >= 0.6 is 39.0 Å². The number of hydrogen-bond donors (Lipinski definition) is 0. The van der Waals surface area contributed by atoms with Crippen molar-refractivity contribution in [2.45, 2.75) is 22.9 Å². The second kappa shape index (κ2) is 8.79. The van der Waals surface area contributed by atoms with Gasteiger partial charge in [0.1, 0.15) is 5.25 Å². The molecule has 7 heteroatoms. The van der Waals surface area contributed by atoms with Gasteiger partial charge in [0.05, 0.1) is 10.2 Å². The molecule has 0 amide bonds. The summed E-state index contributed by atoms with van der Waals surface area (Å²) >= 11 is 6.27. The van der Waals surface area contributed by atoms with Crippen molar-refractivity contribution in [1.29, 1.82) is 0 Å². The molecule has 0 aliphatic heterocycles. The van der Waals surface area contributed by atoms with Crippen LogP contribution in [0.25, 0.3) is 10.2 Å². The Hall–Kier alpha value is -1.70. The van der Waals surface area contributed by atoms with Crippen LogP contribution in [0.5, 0.6) is 0 Å². The van der Waals surface area contributed by atoms with Crippen LogP contribution in [0, 0.1) is 0 Å². The topological polar surface area (TPSA) is 56.3 Å². The van der Waals surface area contributed by atoms with Crippen molar-refractivity contribution in [3.8, 4) is 0 Å². The molecule has 0 radical (unpaired) electrons. The van der Waals surface area contributed by atoms with E-state index >= 15 is 0 Å². The average molecular weight is 450 g/mol. The van der Waals surface area contributed by atoms with Crippen molar-refractivity contribution in [3.63, 3.8) is 0 Å². The minimum absolute atomic E-state index is 0.217. The molecule has 3 rings (SSSR count). The van der Waals surface area contributed by atoms with Crippen LogP contribution in [0.15, 0.2) is 57.3 Å². The molecule has 4 nitrogen and oxygen atoms in total. The molecular formula is C19H16BrNO3S2. The van der Waals surface area contributed by atoms with Crippen LogP contribution in [0.1, 0.15) is 23.7 Å². The maximum absolute atomic E-state index is 12.4. The van der Waals surface area contributed by atoms with E-state index in [2.05, 4.69) is 20.9 Å². The molecule has 1 atom stereocenters. The van der Waals surface area contributed by atoms with Gasteiger partial charge in [-0.05, 0) is 30.7 Å². The van der Waals surface area contributed by atoms with E-state index in [4.69, 9.17) is 4.74 Å². The number of aromatic nitrogens is 1. The zero-order chi connectivity index (χ0) is 18.5. The van der Waals surface area contributed by atoms with Gasteiger partial charge in [0.2, 0.25) is 0 Å². The Morgan fingerprint density at radius 1 is 1.19 bits per heavy atom. The first-order valence-electron chi connectivity index (χ1n) is 8.04. The highest BCUT2D eigenvalue weighted by molar-refractivity contribution is 9.10. The number of esters is 1. The fourth-order valence-corrected chi connectivity index (χ4v) is 4.77. The second-order valence-corrected chi connectivity index (χ2v) is 8.90. The summed E-state index contributed by atoms with van der Waals surface area (Å²) in [5.74, 6) is -0.604. The number of hydrogen-bond acceptors (Lipinski definition) is 6. The summed E-state index contributed by atoms with van der Waals surface area (Å²) in [6.07, 6.45) is 0.603. The molecule has 134 valence electrons. The molecule has 0 saturated carbocycles. The lowest BCUT2D eigenvalue weighted by atomic mass is 10.1. The molecule has 2 aromatic carbocycles. The summed E-state index contributed by atoms with van der Waals surface area (Å²) in [5, 5.41) is -0.381. The third-order valence-corrected chi connectivity index (χ3v) is 6.66. The maximum Gasteiger partial charge on any atom is 0.319 e. The molecule has 0 saturated heterocycles. The molecule has 3 aromatic rings. The fourth-order valence-electron chi connectivity index (χ4n) is 2.27. The average Bonchev–Trinajstić information content (AvgIpc) is 3.07. The number of benzene rings is 2. The molecule has 26 heavy (non-hydrogen) atoms. The molecule has 0 N–H and O–H groups in total. The van der Waals surface area contributed by atoms with Crippen LogP contribution in [0.4, 0.5) is 0 Å². The fraction of sp³-hybridized carbons (Fsp3) is 0.211. The highest BCUT2D eigenvalue weighted by Gasteiger charge is 2.22. The van der Waals surface area contributed by atoms with Gasteiger partial charge in [-0.3, -0.25) is 9.59 Å². The maximum atomic E-state index is 12.4. The van der Waals surface area contributed by atoms with E-state index < -0.39 is 0 Å². The van der Waals surface area contributed by atoms with Crippen LogP contribution in [-0.2, 0) is 9.53 Å². The first-order chi connectivity index (χ1) is 12.6. The van der Waals surface area contributed by atoms with Crippen LogP contribution in [0.2, 0.25) is 0 Å². The van der Waals surface area contributed by atoms with Gasteiger partial charge in [-0.2, -0.15) is 0 Å². The normalized spacial score (nSPS) is 12.1. The lowest BCUT2D eigenvalue weighted by Crippen LogP contribution is -2.23. The van der Waals surface area contributed by atoms with E-state index in [-0.39, 0.29) is 23.6 Å². The minimum atomic E-state index is -0.387. The van der Waals surface area contributed by atoms with Crippen molar-refractivity contribution < 1.29 is 14.3 Å². The Labute approximate surface area is 168 Å². The molecule has 1 heterocycles. The molecule has 0 aliphatic carbocycles. The van der Waals surface area contributed by atoms with E-state index in [0.29, 0.717) is 12.0 Å². The van der Waals surface area contributed by atoms with Crippen LogP contribution in [-0.4, -0.2) is 28.6 Å². The predicted molar refractivity (Wildman–Crippen MR) is 109 cm³/mol. The van der Waals surface area contributed by atoms with Gasteiger partial charge < -0.3 is 4.74 Å². The molecule has 1 aromatic heterocycles. The highest BCUT2D eigenvalue weighted by Crippen LogP contribution is 2.33. The molecule has 0 bridgehead atoms. The summed E-state index contributed by atoms with van der Waals surface area (Å²) in [4.78, 5) is 29.0. The summed E-state index contributed by atoms with van der Waals surface area (Å²) in [6, 6.07) is 14.8. The number of nitrogens with zero attached hydrogens (tertiary/aromatic N) is 1. The largest absolute Gasteiger partial charge is 0.456 e. The van der Waals surface area contributed by atoms with Crippen molar-refractivity contribution >= 4 is 61.0 Å². The van der Waals surface area contributed by atoms with Gasteiger partial charge >= 0.3 is 5.97 Å². The summed E-state index contributed by atoms with van der Waals surface area (Å²) < 4.78 is 8.05. The minimum Gasteiger partial charge on any atom is -0.456 e. The van der Waals surface area contributed by atoms with Crippen molar-refractivity contribution in [2.75, 3.05) is 6.61 Å². The monoisotopic (exact) mass is 449 g/mol. The van der Waals surface area contributed by atoms with Gasteiger partial charge in [-0.25, -0.2) is 4.98 Å². The zero-order valence-corrected chi connectivity index (χ0v) is 17.2. The van der Waals surface area contributed by atoms with E-state index in [1.54, 1.807) is 35.6 Å². The van der Waals surface area contributed by atoms with E-state index in [0.717, 1.165) is 19.0 Å². The number of rotatable bonds is 7. The number of carbonyl (C=O) groups is 2. The molecular weight excluding hydrogens is 434 g/mol. The lowest BCUT2D eigenvalue weighted by molar-refractivity contribution is -0.141. The van der Waals surface area contributed by atoms with Crippen molar-refractivity contribution in [3.05, 3.63) is 58.6 Å². The highest BCUT2D eigenvalue weighted by atomic mass is 79.9. The Balaban J connectivity index is 1.59. The SMILES string of the molecule is CC[C@H](Sc1nc2ccccc2s1)C(=O)OCC(=O)c1ccc(Br)cc1. The number of para-hydroxylation sites is 1. The molecule has 0 unspecified atom stereocenters. The van der Waals surface area contributed by atoms with Crippen LogP contribution in [0.3, 0.4) is 0 Å². The molecule has 0 spiro atoms. The third kappa shape index (κ3) is 4.72. The summed E-state index contributed by atoms with van der Waals surface area (Å²) in [6.45, 7) is 1.67. The predicted octanol–water partition coefficient (Wildman–Crippen LogP) is 5.36. The summed E-state index contributed by atoms with van der Waals surface area (Å²) in [5.41, 5.74) is 1.45. The quantitative estimate of drug-likeness (QED) is 0.276. The van der Waals surface area contributed by atoms with Gasteiger partial charge in [0.15, 0.2) is 16.7 Å². The molecule has 0 fully saturated rings. The Kier molecular flexibility index (Phi) is 6.45. The Morgan fingerprint density at radius 3 is 2.62 bits per heavy atom. The smallest absolute Gasteiger partial charge is 0.319 e. The van der Waals surface area contributed by atoms with E-state index in [1.165, 1.54) is 11.8 Å². The van der Waals surface area contributed by atoms with Gasteiger partial charge in [0.25, 0.3) is 0 Å². The second-order valence-electron chi connectivity index (χ2n) is 5.50. The van der Waals surface area contributed by atoms with Gasteiger partial charge in [-0.1, -0.05) is 58.9 Å². The number of carbonyl (C=O) groups excluding carboxylic acids is 2. The van der Waals surface area contributed by atoms with Crippen molar-refractivity contribution in [1.82, 2.24) is 4.98 Å². The molecule has 0 aliphatic rings. The number of thiazole rings is 1. The summed E-state index contributed by atoms with van der Waals surface area (Å²) in [7, 11) is 0. The first-order valence-corrected chi connectivity index (χ1v) is 10.5. The number of thioether (sulfide) groups is 1. The Bertz CT molecular complexity index is 891. The lowest BCUT2D eigenvalue weighted by Gasteiger charge is -2.12. The number of ether oxygens (including phenoxy) is 1. The van der Waals surface area contributed by atoms with E-state index in [9.17, 15) is 9.59 Å². The number of Topliss-reactive ketones (excluding diaryl/α,β-unsaturated/α-hetero) is 1. The van der Waals surface area contributed by atoms with Gasteiger partial charge in [0, 0.05) is 10.0 Å². The zero-order valence-electron chi connectivity index (χ0n) is 14.0. The van der Waals surface area contributed by atoms with Gasteiger partial charge in [-0.15, -0.1) is 11.3 Å². The van der Waals surface area contributed by atoms with Crippen molar-refractivity contribution in [2.24, 2.45) is 0 Å². The number of ketones is 1. The third-order valence-electron chi connectivity index (χ3n) is 3.66.